The number of aromatic nitrogens is 2. The molecular weight excluding hydrogens is 375 g/mol. The number of hydrogen-bond acceptors (Lipinski definition) is 1. The second-order valence-electron chi connectivity index (χ2n) is 6.59. The molecule has 0 aliphatic rings. The third kappa shape index (κ3) is 3.39. The Kier molecular flexibility index (Phi) is 4.77. The highest BCUT2D eigenvalue weighted by Crippen LogP contribution is 2.38. The maximum atomic E-state index is 6.49. The number of nitrogens with zero attached hydrogens (tertiary/aromatic N) is 1. The minimum atomic E-state index is 0.657. The molecule has 0 aliphatic heterocycles. The average Bonchev–Trinajstić information content (AvgIpc) is 3.07. The molecule has 0 spiro atoms. The second kappa shape index (κ2) is 7.22. The minimum Gasteiger partial charge on any atom is -0.337 e. The molecule has 27 heavy (non-hydrogen) atoms. The van der Waals surface area contributed by atoms with Gasteiger partial charge in [-0.15, -0.1) is 0 Å². The normalized spacial score (nSPS) is 11.0. The van der Waals surface area contributed by atoms with Gasteiger partial charge in [0.15, 0.2) is 0 Å². The molecule has 0 saturated carbocycles. The summed E-state index contributed by atoms with van der Waals surface area (Å²) in [4.78, 5) is 8.37. The molecule has 1 aromatic heterocycles. The maximum absolute atomic E-state index is 6.49. The largest absolute Gasteiger partial charge is 0.337 e. The number of hydrogen-bond donors (Lipinski definition) is 1. The number of rotatable bonds is 3. The van der Waals surface area contributed by atoms with Gasteiger partial charge in [-0.25, -0.2) is 4.98 Å². The fourth-order valence-corrected chi connectivity index (χ4v) is 3.74. The molecule has 1 heterocycles. The molecule has 4 aromatic rings. The van der Waals surface area contributed by atoms with Gasteiger partial charge in [-0.2, -0.15) is 0 Å². The molecule has 134 valence electrons. The van der Waals surface area contributed by atoms with E-state index in [-0.39, 0.29) is 0 Å². The van der Waals surface area contributed by atoms with Gasteiger partial charge in [-0.3, -0.25) is 0 Å². The van der Waals surface area contributed by atoms with Crippen LogP contribution >= 0.6 is 23.2 Å². The van der Waals surface area contributed by atoms with E-state index in [2.05, 4.69) is 37.0 Å². The van der Waals surface area contributed by atoms with E-state index in [0.717, 1.165) is 33.9 Å². The molecule has 4 rings (SSSR count). The van der Waals surface area contributed by atoms with Crippen LogP contribution < -0.4 is 0 Å². The summed E-state index contributed by atoms with van der Waals surface area (Å²) in [6.45, 7) is 4.20. The molecule has 4 heteroatoms. The van der Waals surface area contributed by atoms with Crippen molar-refractivity contribution in [2.75, 3.05) is 0 Å². The molecule has 0 unspecified atom stereocenters. The average molecular weight is 393 g/mol. The summed E-state index contributed by atoms with van der Waals surface area (Å²) in [5.74, 6) is 0.727. The summed E-state index contributed by atoms with van der Waals surface area (Å²) >= 11 is 12.9. The van der Waals surface area contributed by atoms with E-state index >= 15 is 0 Å². The van der Waals surface area contributed by atoms with Crippen molar-refractivity contribution < 1.29 is 0 Å². The van der Waals surface area contributed by atoms with Crippen LogP contribution in [-0.4, -0.2) is 9.97 Å². The predicted molar refractivity (Wildman–Crippen MR) is 114 cm³/mol. The van der Waals surface area contributed by atoms with E-state index in [1.54, 1.807) is 0 Å². The van der Waals surface area contributed by atoms with Gasteiger partial charge in [0, 0.05) is 16.7 Å². The zero-order valence-corrected chi connectivity index (χ0v) is 16.6. The van der Waals surface area contributed by atoms with Crippen molar-refractivity contribution >= 4 is 23.2 Å². The molecule has 0 saturated heterocycles. The number of benzene rings is 3. The lowest BCUT2D eigenvalue weighted by atomic mass is 9.99. The van der Waals surface area contributed by atoms with Crippen molar-refractivity contribution in [2.24, 2.45) is 0 Å². The van der Waals surface area contributed by atoms with Crippen LogP contribution in [0.4, 0.5) is 0 Å². The third-order valence-electron chi connectivity index (χ3n) is 4.61. The van der Waals surface area contributed by atoms with Crippen molar-refractivity contribution in [3.63, 3.8) is 0 Å². The molecule has 0 radical (unpaired) electrons. The highest BCUT2D eigenvalue weighted by Gasteiger charge is 2.19. The predicted octanol–water partition coefficient (Wildman–Crippen LogP) is 7.33. The van der Waals surface area contributed by atoms with Gasteiger partial charge in [0.25, 0.3) is 0 Å². The van der Waals surface area contributed by atoms with E-state index in [1.165, 1.54) is 11.1 Å². The first-order valence-corrected chi connectivity index (χ1v) is 9.47. The Morgan fingerprint density at radius 1 is 0.741 bits per heavy atom. The van der Waals surface area contributed by atoms with Gasteiger partial charge in [0.1, 0.15) is 5.82 Å². The first kappa shape index (κ1) is 17.8. The third-order valence-corrected chi connectivity index (χ3v) is 5.27. The van der Waals surface area contributed by atoms with Crippen LogP contribution in [0.2, 0.25) is 10.0 Å². The zero-order valence-electron chi connectivity index (χ0n) is 15.1. The Bertz CT molecular complexity index is 1130. The smallest absolute Gasteiger partial charge is 0.140 e. The highest BCUT2D eigenvalue weighted by molar-refractivity contribution is 6.34. The van der Waals surface area contributed by atoms with Crippen LogP contribution in [-0.2, 0) is 0 Å². The highest BCUT2D eigenvalue weighted by atomic mass is 35.5. The number of H-pyrrole nitrogens is 1. The fraction of sp³-hybridized carbons (Fsp3) is 0.0870. The molecule has 0 amide bonds. The lowest BCUT2D eigenvalue weighted by molar-refractivity contribution is 1.30. The Balaban J connectivity index is 1.99. The molecular formula is C23H18Cl2N2. The summed E-state index contributed by atoms with van der Waals surface area (Å²) < 4.78 is 0. The molecule has 3 aromatic carbocycles. The van der Waals surface area contributed by atoms with Crippen molar-refractivity contribution in [3.8, 4) is 33.9 Å². The van der Waals surface area contributed by atoms with E-state index in [4.69, 9.17) is 28.2 Å². The van der Waals surface area contributed by atoms with Gasteiger partial charge < -0.3 is 4.98 Å². The zero-order chi connectivity index (χ0) is 19.0. The lowest BCUT2D eigenvalue weighted by Crippen LogP contribution is -1.89. The summed E-state index contributed by atoms with van der Waals surface area (Å²) in [7, 11) is 0. The quantitative estimate of drug-likeness (QED) is 0.388. The van der Waals surface area contributed by atoms with Crippen molar-refractivity contribution in [2.45, 2.75) is 13.8 Å². The molecule has 0 fully saturated rings. The molecule has 0 bridgehead atoms. The summed E-state index contributed by atoms with van der Waals surface area (Å²) in [6.07, 6.45) is 0. The Morgan fingerprint density at radius 2 is 1.37 bits per heavy atom. The van der Waals surface area contributed by atoms with Crippen LogP contribution in [0.3, 0.4) is 0 Å². The van der Waals surface area contributed by atoms with E-state index in [9.17, 15) is 0 Å². The molecule has 0 atom stereocenters. The second-order valence-corrected chi connectivity index (χ2v) is 7.40. The summed E-state index contributed by atoms with van der Waals surface area (Å²) in [5.41, 5.74) is 7.02. The Labute approximate surface area is 168 Å². The number of aromatic amines is 1. The van der Waals surface area contributed by atoms with E-state index in [0.29, 0.717) is 10.0 Å². The van der Waals surface area contributed by atoms with Gasteiger partial charge in [0.05, 0.1) is 21.4 Å². The number of aryl methyl sites for hydroxylation is 2. The Morgan fingerprint density at radius 3 is 2.00 bits per heavy atom. The first-order valence-electron chi connectivity index (χ1n) is 8.72. The molecule has 1 N–H and O–H groups in total. The van der Waals surface area contributed by atoms with Gasteiger partial charge in [-0.1, -0.05) is 77.3 Å². The van der Waals surface area contributed by atoms with Crippen LogP contribution in [0.5, 0.6) is 0 Å². The van der Waals surface area contributed by atoms with Crippen molar-refractivity contribution in [3.05, 3.63) is 87.9 Å². The number of imidazole rings is 1. The van der Waals surface area contributed by atoms with Crippen LogP contribution in [0.1, 0.15) is 11.1 Å². The molecule has 2 nitrogen and oxygen atoms in total. The van der Waals surface area contributed by atoms with Gasteiger partial charge in [-0.05, 0) is 37.6 Å². The standard InChI is InChI=1S/C23H18Cl2N2/c1-14-11-12-16(15(2)13-14)21-22(17-7-3-5-9-19(17)24)27-23(26-21)18-8-4-6-10-20(18)25/h3-13H,1-2H3,(H,26,27). The fourth-order valence-electron chi connectivity index (χ4n) is 3.29. The summed E-state index contributed by atoms with van der Waals surface area (Å²) in [5, 5.41) is 1.32. The van der Waals surface area contributed by atoms with E-state index < -0.39 is 0 Å². The summed E-state index contributed by atoms with van der Waals surface area (Å²) in [6, 6.07) is 21.8. The van der Waals surface area contributed by atoms with E-state index in [1.807, 2.05) is 48.5 Å². The van der Waals surface area contributed by atoms with Crippen molar-refractivity contribution in [1.29, 1.82) is 0 Å². The topological polar surface area (TPSA) is 28.7 Å². The van der Waals surface area contributed by atoms with Crippen LogP contribution in [0.25, 0.3) is 33.9 Å². The monoisotopic (exact) mass is 392 g/mol. The van der Waals surface area contributed by atoms with Crippen LogP contribution in [0, 0.1) is 13.8 Å². The minimum absolute atomic E-state index is 0.657. The molecule has 0 aliphatic carbocycles. The first-order chi connectivity index (χ1) is 13.0. The van der Waals surface area contributed by atoms with Crippen LogP contribution in [0.15, 0.2) is 66.7 Å². The van der Waals surface area contributed by atoms with Crippen molar-refractivity contribution in [1.82, 2.24) is 9.97 Å². The van der Waals surface area contributed by atoms with Gasteiger partial charge in [0.2, 0.25) is 0 Å². The Hall–Kier alpha value is -2.55. The number of nitrogens with one attached hydrogen (secondary N) is 1. The number of halogens is 2. The maximum Gasteiger partial charge on any atom is 0.140 e. The van der Waals surface area contributed by atoms with Gasteiger partial charge >= 0.3 is 0 Å². The SMILES string of the molecule is Cc1ccc(-c2[nH]c(-c3ccccc3Cl)nc2-c2ccccc2Cl)c(C)c1. The lowest BCUT2D eigenvalue weighted by Gasteiger charge is -2.08.